The molecule has 0 spiro atoms. The van der Waals surface area contributed by atoms with E-state index < -0.39 is 27.1 Å². The van der Waals surface area contributed by atoms with Crippen LogP contribution in [0, 0.1) is 0 Å². The average molecular weight is 473 g/mol. The summed E-state index contributed by atoms with van der Waals surface area (Å²) in [5.74, 6) is -0.590. The van der Waals surface area contributed by atoms with Gasteiger partial charge in [0, 0.05) is 0 Å². The standard InChI is InChI=1S/C13H9.C4H9NO.C2H7Si.2ClH.Zr/c1-3-7-12-10(5-1)9-11-6-2-4-8-13(11)12;1-2-3-4(5)6;1-3-2;;;/h1-9H;2-3H2,1H3,(H2,5,6);3H,1-2H3;2*1H;/q;;;;;+3/p-3. The fourth-order valence-electron chi connectivity index (χ4n) is 3.49. The Morgan fingerprint density at radius 3 is 1.92 bits per heavy atom. The minimum Gasteiger partial charge on any atom is -1.00 e. The fraction of sp³-hybridized carbons (Fsp3) is 0.316. The van der Waals surface area contributed by atoms with Crippen molar-refractivity contribution in [3.63, 3.8) is 0 Å². The first kappa shape index (κ1) is 22.6. The number of fused-ring (bicyclic) bond motifs is 3. The van der Waals surface area contributed by atoms with E-state index in [9.17, 15) is 4.79 Å². The van der Waals surface area contributed by atoms with Gasteiger partial charge in [0.2, 0.25) is 0 Å². The van der Waals surface area contributed by atoms with E-state index in [1.165, 1.54) is 22.3 Å². The summed E-state index contributed by atoms with van der Waals surface area (Å²) in [4.78, 5) is 12.3. The summed E-state index contributed by atoms with van der Waals surface area (Å²) in [6.07, 6.45) is 1.60. The van der Waals surface area contributed by atoms with Gasteiger partial charge in [-0.2, -0.15) is 0 Å². The van der Waals surface area contributed by atoms with Crippen molar-refractivity contribution in [1.29, 1.82) is 0 Å². The number of amides is 1. The van der Waals surface area contributed by atoms with Gasteiger partial charge < -0.3 is 24.8 Å². The molecule has 6 heteroatoms. The molecule has 2 nitrogen and oxygen atoms in total. The molecule has 1 aliphatic rings. The van der Waals surface area contributed by atoms with Crippen LogP contribution in [0.15, 0.2) is 48.5 Å². The molecule has 133 valence electrons. The molecule has 0 unspecified atom stereocenters. The van der Waals surface area contributed by atoms with Crippen LogP contribution in [0.1, 0.15) is 34.5 Å². The van der Waals surface area contributed by atoms with Crippen molar-refractivity contribution >= 4 is 11.8 Å². The maximum absolute atomic E-state index is 12.3. The zero-order chi connectivity index (χ0) is 16.4. The molecule has 2 aromatic carbocycles. The normalized spacial score (nSPS) is 11.8. The minimum atomic E-state index is -2.07. The number of halogens is 2. The predicted molar refractivity (Wildman–Crippen MR) is 95.6 cm³/mol. The van der Waals surface area contributed by atoms with Crippen LogP contribution in [0.2, 0.25) is 13.1 Å². The summed E-state index contributed by atoms with van der Waals surface area (Å²) >= 11 is -2.07. The molecule has 0 saturated carbocycles. The second-order valence-electron chi connectivity index (χ2n) is 6.52. The average Bonchev–Trinajstić information content (AvgIpc) is 2.87. The number of rotatable bonds is 5. The summed E-state index contributed by atoms with van der Waals surface area (Å²) in [5, 5.41) is 0. The van der Waals surface area contributed by atoms with Gasteiger partial charge in [0.1, 0.15) is 0 Å². The Bertz CT molecular complexity index is 681. The van der Waals surface area contributed by atoms with Gasteiger partial charge in [-0.05, 0) is 0 Å². The zero-order valence-electron chi connectivity index (χ0n) is 14.9. The second kappa shape index (κ2) is 10.1. The molecule has 1 N–H and O–H groups in total. The van der Waals surface area contributed by atoms with Gasteiger partial charge in [-0.25, -0.2) is 0 Å². The van der Waals surface area contributed by atoms with Crippen molar-refractivity contribution in [3.05, 3.63) is 59.7 Å². The molecule has 0 bridgehead atoms. The Balaban J connectivity index is 0.00000156. The number of benzene rings is 2. The Morgan fingerprint density at radius 1 is 1.00 bits per heavy atom. The largest absolute Gasteiger partial charge is 1.00 e. The topological polar surface area (TPSA) is 29.1 Å². The Labute approximate surface area is 172 Å². The molecule has 0 saturated heterocycles. The molecular weight excluding hydrogens is 448 g/mol. The van der Waals surface area contributed by atoms with Crippen molar-refractivity contribution in [3.8, 4) is 11.1 Å². The van der Waals surface area contributed by atoms with Crippen LogP contribution < -0.4 is 28.1 Å². The quantitative estimate of drug-likeness (QED) is 0.512. The zero-order valence-corrected chi connectivity index (χ0v) is 20.0. The van der Waals surface area contributed by atoms with Crippen LogP contribution in [0.4, 0.5) is 0 Å². The SMILES string of the molecule is CCCC(=O)[NH][Zr+2]([CH]1c2ccccc2-c2ccccc21)[SiH](C)C.[Cl-].[Cl-]. The number of hydrogen-bond donors (Lipinski definition) is 1. The molecule has 0 heterocycles. The monoisotopic (exact) mass is 470 g/mol. The molecule has 0 atom stereocenters. The summed E-state index contributed by atoms with van der Waals surface area (Å²) in [7, 11) is 0. The van der Waals surface area contributed by atoms with Crippen molar-refractivity contribution in [1.82, 2.24) is 3.26 Å². The van der Waals surface area contributed by atoms with Crippen LogP contribution in [-0.4, -0.2) is 11.8 Å². The van der Waals surface area contributed by atoms with Crippen LogP contribution in [0.3, 0.4) is 0 Å². The Kier molecular flexibility index (Phi) is 9.11. The van der Waals surface area contributed by atoms with Crippen molar-refractivity contribution in [2.24, 2.45) is 0 Å². The van der Waals surface area contributed by atoms with Gasteiger partial charge >= 0.3 is 148 Å². The fourth-order valence-corrected chi connectivity index (χ4v) is 18.9. The van der Waals surface area contributed by atoms with E-state index >= 15 is 0 Å². The van der Waals surface area contributed by atoms with E-state index in [0.717, 1.165) is 6.42 Å². The van der Waals surface area contributed by atoms with E-state index in [1.54, 1.807) is 0 Å². The molecule has 25 heavy (non-hydrogen) atoms. The molecule has 1 amide bonds. The molecule has 3 rings (SSSR count). The van der Waals surface area contributed by atoms with Gasteiger partial charge in [-0.1, -0.05) is 0 Å². The van der Waals surface area contributed by atoms with Gasteiger partial charge in [-0.15, -0.1) is 0 Å². The molecule has 2 aromatic rings. The van der Waals surface area contributed by atoms with E-state index in [-0.39, 0.29) is 30.7 Å². The number of hydrogen-bond acceptors (Lipinski definition) is 1. The summed E-state index contributed by atoms with van der Waals surface area (Å²) in [6.45, 7) is 6.92. The van der Waals surface area contributed by atoms with Crippen LogP contribution in [-0.2, 0) is 26.0 Å². The van der Waals surface area contributed by atoms with Crippen molar-refractivity contribution in [2.75, 3.05) is 0 Å². The third kappa shape index (κ3) is 4.66. The summed E-state index contributed by atoms with van der Waals surface area (Å²) in [5.41, 5.74) is 5.68. The molecule has 0 fully saturated rings. The van der Waals surface area contributed by atoms with Crippen LogP contribution >= 0.6 is 0 Å². The third-order valence-electron chi connectivity index (χ3n) is 4.53. The van der Waals surface area contributed by atoms with Gasteiger partial charge in [-0.3, -0.25) is 0 Å². The molecular formula is C19H24Cl2NOSiZr. The molecule has 1 aliphatic carbocycles. The minimum absolute atomic E-state index is 0. The van der Waals surface area contributed by atoms with E-state index in [2.05, 4.69) is 71.8 Å². The van der Waals surface area contributed by atoms with Crippen molar-refractivity contribution in [2.45, 2.75) is 36.5 Å². The van der Waals surface area contributed by atoms with Gasteiger partial charge in [0.25, 0.3) is 0 Å². The smallest absolute Gasteiger partial charge is 1.00 e. The first-order valence-corrected chi connectivity index (χ1v) is 18.3. The third-order valence-corrected chi connectivity index (χ3v) is 22.2. The van der Waals surface area contributed by atoms with Gasteiger partial charge in [0.05, 0.1) is 0 Å². The Morgan fingerprint density at radius 2 is 1.48 bits per heavy atom. The van der Waals surface area contributed by atoms with E-state index in [4.69, 9.17) is 0 Å². The molecule has 0 radical (unpaired) electrons. The predicted octanol–water partition coefficient (Wildman–Crippen LogP) is -1.80. The van der Waals surface area contributed by atoms with E-state index in [1.807, 2.05) is 0 Å². The first-order valence-electron chi connectivity index (χ1n) is 8.48. The molecule has 0 aliphatic heterocycles. The number of nitrogens with one attached hydrogen (secondary N) is 1. The van der Waals surface area contributed by atoms with Crippen molar-refractivity contribution < 1.29 is 50.8 Å². The van der Waals surface area contributed by atoms with E-state index in [0.29, 0.717) is 10.0 Å². The molecule has 0 aromatic heterocycles. The maximum Gasteiger partial charge on any atom is -1.00 e. The first-order chi connectivity index (χ1) is 11.1. The Hall–Kier alpha value is -0.410. The number of carbonyl (C=O) groups excluding carboxylic acids is 1. The number of carbonyl (C=O) groups is 1. The van der Waals surface area contributed by atoms with Gasteiger partial charge in [0.15, 0.2) is 0 Å². The second-order valence-corrected chi connectivity index (χ2v) is 25.3. The summed E-state index contributed by atoms with van der Waals surface area (Å²) in [6, 6.07) is 17.6. The van der Waals surface area contributed by atoms with Crippen LogP contribution in [0.5, 0.6) is 0 Å². The summed E-state index contributed by atoms with van der Waals surface area (Å²) < 4.78 is 4.06. The maximum atomic E-state index is 12.3. The van der Waals surface area contributed by atoms with Crippen LogP contribution in [0.25, 0.3) is 11.1 Å².